The van der Waals surface area contributed by atoms with Crippen LogP contribution in [0.5, 0.6) is 5.75 Å². The second-order valence-electron chi connectivity index (χ2n) is 4.74. The second-order valence-corrected chi connectivity index (χ2v) is 5.77. The number of carbonyl (C=O) groups is 1. The summed E-state index contributed by atoms with van der Waals surface area (Å²) in [6, 6.07) is 8.25. The maximum absolute atomic E-state index is 14.2. The lowest BCUT2D eigenvalue weighted by Crippen LogP contribution is -2.50. The number of hydrogen-bond donors (Lipinski definition) is 2. The summed E-state index contributed by atoms with van der Waals surface area (Å²) in [5, 5.41) is 4.98. The Hall–Kier alpha value is -1.92. The van der Waals surface area contributed by atoms with Crippen LogP contribution in [-0.2, 0) is 16.9 Å². The van der Waals surface area contributed by atoms with Gasteiger partial charge in [0.15, 0.2) is 0 Å². The van der Waals surface area contributed by atoms with E-state index in [1.54, 1.807) is 24.3 Å². The zero-order valence-corrected chi connectivity index (χ0v) is 12.7. The van der Waals surface area contributed by atoms with E-state index in [1.165, 1.54) is 19.2 Å². The number of nitrogens with two attached hydrogens (primary N) is 1. The molecular weight excluding hydrogens is 291 g/mol. The van der Waals surface area contributed by atoms with E-state index in [4.69, 9.17) is 10.5 Å². The molecule has 1 unspecified atom stereocenters. The molecule has 0 saturated carbocycles. The van der Waals surface area contributed by atoms with Crippen LogP contribution in [0.25, 0.3) is 0 Å². The van der Waals surface area contributed by atoms with E-state index in [1.807, 2.05) is 17.5 Å². The van der Waals surface area contributed by atoms with Gasteiger partial charge < -0.3 is 10.5 Å². The molecule has 0 aliphatic carbocycles. The monoisotopic (exact) mass is 308 g/mol. The molecule has 112 valence electrons. The van der Waals surface area contributed by atoms with E-state index < -0.39 is 17.3 Å². The minimum atomic E-state index is -1.36. The van der Waals surface area contributed by atoms with E-state index in [9.17, 15) is 9.18 Å². The number of methoxy groups -OCH3 is 1. The molecule has 1 amide bonds. The van der Waals surface area contributed by atoms with Gasteiger partial charge in [-0.05, 0) is 30.5 Å². The quantitative estimate of drug-likeness (QED) is 0.861. The van der Waals surface area contributed by atoms with Gasteiger partial charge in [0.1, 0.15) is 17.1 Å². The first kappa shape index (κ1) is 15.5. The molecule has 1 aromatic carbocycles. The summed E-state index contributed by atoms with van der Waals surface area (Å²) in [6.07, 6.45) is 0. The molecule has 2 rings (SSSR count). The van der Waals surface area contributed by atoms with Gasteiger partial charge in [0, 0.05) is 11.4 Å². The van der Waals surface area contributed by atoms with Crippen LogP contribution < -0.4 is 15.8 Å². The molecule has 0 aliphatic rings. The molecule has 0 radical (unpaired) electrons. The lowest BCUT2D eigenvalue weighted by Gasteiger charge is -2.29. The number of ether oxygens (including phenoxy) is 1. The molecule has 21 heavy (non-hydrogen) atoms. The summed E-state index contributed by atoms with van der Waals surface area (Å²) in [5.74, 6) is -0.910. The Balaban J connectivity index is 2.40. The number of hydrogen-bond acceptors (Lipinski definition) is 4. The summed E-state index contributed by atoms with van der Waals surface area (Å²) in [5.41, 5.74) is 4.28. The highest BCUT2D eigenvalue weighted by Crippen LogP contribution is 2.32. The number of benzene rings is 1. The third kappa shape index (κ3) is 3.06. The Kier molecular flexibility index (Phi) is 4.59. The van der Waals surface area contributed by atoms with Crippen molar-refractivity contribution in [3.63, 3.8) is 0 Å². The third-order valence-corrected chi connectivity index (χ3v) is 4.26. The van der Waals surface area contributed by atoms with Crippen LogP contribution in [0.4, 0.5) is 4.39 Å². The average molecular weight is 308 g/mol. The zero-order valence-electron chi connectivity index (χ0n) is 11.9. The van der Waals surface area contributed by atoms with E-state index >= 15 is 0 Å². The first-order chi connectivity index (χ1) is 9.99. The van der Waals surface area contributed by atoms with Gasteiger partial charge in [-0.3, -0.25) is 10.1 Å². The standard InChI is InChI=1S/C15H17FN2O2S/c1-15(14(17)19,18-9-10-5-4-8-21-10)13-11(16)6-3-7-12(13)20-2/h3-8,18H,9H2,1-2H3,(H2,17,19). The number of carbonyl (C=O) groups excluding carboxylic acids is 1. The molecule has 2 aromatic rings. The van der Waals surface area contributed by atoms with Crippen molar-refractivity contribution in [1.82, 2.24) is 5.32 Å². The average Bonchev–Trinajstić information content (AvgIpc) is 2.97. The van der Waals surface area contributed by atoms with Crippen LogP contribution in [0.2, 0.25) is 0 Å². The molecule has 0 fully saturated rings. The predicted octanol–water partition coefficient (Wildman–Crippen LogP) is 2.39. The van der Waals surface area contributed by atoms with Gasteiger partial charge in [-0.15, -0.1) is 11.3 Å². The lowest BCUT2D eigenvalue weighted by atomic mass is 9.89. The van der Waals surface area contributed by atoms with E-state index in [-0.39, 0.29) is 11.3 Å². The van der Waals surface area contributed by atoms with Crippen molar-refractivity contribution in [2.24, 2.45) is 5.73 Å². The number of rotatable bonds is 6. The smallest absolute Gasteiger partial charge is 0.242 e. The fourth-order valence-electron chi connectivity index (χ4n) is 2.14. The fraction of sp³-hybridized carbons (Fsp3) is 0.267. The normalized spacial score (nSPS) is 13.7. The Morgan fingerprint density at radius 3 is 2.76 bits per heavy atom. The van der Waals surface area contributed by atoms with Crippen LogP contribution in [0.15, 0.2) is 35.7 Å². The minimum Gasteiger partial charge on any atom is -0.496 e. The first-order valence-corrected chi connectivity index (χ1v) is 7.27. The lowest BCUT2D eigenvalue weighted by molar-refractivity contribution is -0.124. The molecular formula is C15H17FN2O2S. The number of primary amides is 1. The SMILES string of the molecule is COc1cccc(F)c1C(C)(NCc1cccs1)C(N)=O. The molecule has 1 atom stereocenters. The number of amides is 1. The number of nitrogens with one attached hydrogen (secondary N) is 1. The van der Waals surface area contributed by atoms with Crippen molar-refractivity contribution in [2.75, 3.05) is 7.11 Å². The summed E-state index contributed by atoms with van der Waals surface area (Å²) in [6.45, 7) is 1.97. The molecule has 0 spiro atoms. The van der Waals surface area contributed by atoms with Crippen LogP contribution in [0.3, 0.4) is 0 Å². The maximum atomic E-state index is 14.2. The summed E-state index contributed by atoms with van der Waals surface area (Å²) in [4.78, 5) is 13.0. The first-order valence-electron chi connectivity index (χ1n) is 6.39. The van der Waals surface area contributed by atoms with Crippen molar-refractivity contribution in [3.8, 4) is 5.75 Å². The molecule has 3 N–H and O–H groups in total. The minimum absolute atomic E-state index is 0.122. The Labute approximate surface area is 126 Å². The molecule has 0 saturated heterocycles. The number of thiophene rings is 1. The highest BCUT2D eigenvalue weighted by molar-refractivity contribution is 7.09. The Morgan fingerprint density at radius 1 is 1.43 bits per heavy atom. The summed E-state index contributed by atoms with van der Waals surface area (Å²) < 4.78 is 19.4. The largest absolute Gasteiger partial charge is 0.496 e. The van der Waals surface area contributed by atoms with Crippen LogP contribution in [0.1, 0.15) is 17.4 Å². The van der Waals surface area contributed by atoms with Crippen molar-refractivity contribution in [2.45, 2.75) is 19.0 Å². The fourth-order valence-corrected chi connectivity index (χ4v) is 2.78. The third-order valence-electron chi connectivity index (χ3n) is 3.38. The molecule has 0 bridgehead atoms. The van der Waals surface area contributed by atoms with Gasteiger partial charge in [0.2, 0.25) is 5.91 Å². The Bertz CT molecular complexity index is 631. The van der Waals surface area contributed by atoms with Crippen LogP contribution in [0, 0.1) is 5.82 Å². The molecule has 4 nitrogen and oxygen atoms in total. The van der Waals surface area contributed by atoms with Gasteiger partial charge in [0.25, 0.3) is 0 Å². The highest BCUT2D eigenvalue weighted by Gasteiger charge is 2.38. The van der Waals surface area contributed by atoms with Crippen molar-refractivity contribution in [3.05, 3.63) is 52.0 Å². The van der Waals surface area contributed by atoms with Gasteiger partial charge in [-0.2, -0.15) is 0 Å². The molecule has 6 heteroatoms. The Morgan fingerprint density at radius 2 is 2.19 bits per heavy atom. The van der Waals surface area contributed by atoms with Gasteiger partial charge >= 0.3 is 0 Å². The van der Waals surface area contributed by atoms with Crippen molar-refractivity contribution in [1.29, 1.82) is 0 Å². The number of halogens is 1. The van der Waals surface area contributed by atoms with E-state index in [0.717, 1.165) is 4.88 Å². The van der Waals surface area contributed by atoms with Crippen molar-refractivity contribution < 1.29 is 13.9 Å². The maximum Gasteiger partial charge on any atom is 0.242 e. The molecule has 1 aromatic heterocycles. The second kappa shape index (κ2) is 6.24. The van der Waals surface area contributed by atoms with Crippen LogP contribution >= 0.6 is 11.3 Å². The van der Waals surface area contributed by atoms with E-state index in [2.05, 4.69) is 5.32 Å². The van der Waals surface area contributed by atoms with Gasteiger partial charge in [-0.25, -0.2) is 4.39 Å². The van der Waals surface area contributed by atoms with Crippen LogP contribution in [-0.4, -0.2) is 13.0 Å². The van der Waals surface area contributed by atoms with Crippen molar-refractivity contribution >= 4 is 17.2 Å². The van der Waals surface area contributed by atoms with Gasteiger partial charge in [0.05, 0.1) is 12.7 Å². The van der Waals surface area contributed by atoms with Gasteiger partial charge in [-0.1, -0.05) is 12.1 Å². The summed E-state index contributed by atoms with van der Waals surface area (Å²) in [7, 11) is 1.43. The zero-order chi connectivity index (χ0) is 15.5. The summed E-state index contributed by atoms with van der Waals surface area (Å²) >= 11 is 1.55. The highest BCUT2D eigenvalue weighted by atomic mass is 32.1. The molecule has 1 heterocycles. The topological polar surface area (TPSA) is 64.3 Å². The molecule has 0 aliphatic heterocycles. The predicted molar refractivity (Wildman–Crippen MR) is 80.7 cm³/mol. The van der Waals surface area contributed by atoms with E-state index in [0.29, 0.717) is 6.54 Å².